The predicted molar refractivity (Wildman–Crippen MR) is 27.8 cm³/mol. The average Bonchev–Trinajstić information content (AvgIpc) is 1.84. The van der Waals surface area contributed by atoms with Crippen LogP contribution in [0.4, 0.5) is 0 Å². The lowest BCUT2D eigenvalue weighted by Gasteiger charge is -1.94. The Morgan fingerprint density at radius 3 is 2.29 bits per heavy atom. The van der Waals surface area contributed by atoms with Gasteiger partial charge >= 0.3 is 0 Å². The molecule has 38 valence electrons. The average molecular weight is 138 g/mol. The molecule has 0 N–H and O–H groups in total. The number of hydrogen-bond acceptors (Lipinski definition) is 3. The highest BCUT2D eigenvalue weighted by Crippen LogP contribution is 2.23. The molecular weight excluding hydrogens is 137 g/mol. The summed E-state index contributed by atoms with van der Waals surface area (Å²) in [5, 5.41) is 9.77. The van der Waals surface area contributed by atoms with E-state index in [2.05, 4.69) is 15.4 Å². The lowest BCUT2D eigenvalue weighted by Crippen LogP contribution is -2.04. The minimum absolute atomic E-state index is 1.19. The van der Waals surface area contributed by atoms with Crippen molar-refractivity contribution in [3.8, 4) is 0 Å². The van der Waals surface area contributed by atoms with E-state index in [1.54, 1.807) is 0 Å². The topological polar surface area (TPSA) is 37.1 Å². The zero-order chi connectivity index (χ0) is 5.33. The van der Waals surface area contributed by atoms with E-state index in [0.29, 0.717) is 0 Å². The second kappa shape index (κ2) is 1.42. The Hall–Kier alpha value is -0.150. The molecule has 0 amide bonds. The van der Waals surface area contributed by atoms with Crippen LogP contribution in [0.2, 0.25) is 0 Å². The maximum atomic E-state index is 5.32. The Bertz CT molecular complexity index is 113. The van der Waals surface area contributed by atoms with Gasteiger partial charge < -0.3 is 0 Å². The zero-order valence-electron chi connectivity index (χ0n) is 3.17. The maximum absolute atomic E-state index is 5.32. The number of rotatable bonds is 0. The summed E-state index contributed by atoms with van der Waals surface area (Å²) < 4.78 is -1.19. The lowest BCUT2D eigenvalue weighted by atomic mass is 10.7. The van der Waals surface area contributed by atoms with E-state index in [0.717, 1.165) is 0 Å². The lowest BCUT2D eigenvalue weighted by molar-refractivity contribution is 0.984. The van der Waals surface area contributed by atoms with Crippen molar-refractivity contribution in [1.29, 1.82) is 0 Å². The van der Waals surface area contributed by atoms with E-state index >= 15 is 0 Å². The summed E-state index contributed by atoms with van der Waals surface area (Å²) in [7, 11) is 0. The SMILES string of the molecule is ClC1(Cl)C=NN=N1. The number of halogens is 2. The van der Waals surface area contributed by atoms with Gasteiger partial charge in [-0.3, -0.25) is 0 Å². The monoisotopic (exact) mass is 137 g/mol. The van der Waals surface area contributed by atoms with Crippen molar-refractivity contribution < 1.29 is 0 Å². The van der Waals surface area contributed by atoms with Crippen LogP contribution < -0.4 is 0 Å². The summed E-state index contributed by atoms with van der Waals surface area (Å²) in [5.41, 5.74) is 0. The highest BCUT2D eigenvalue weighted by molar-refractivity contribution is 6.56. The Balaban J connectivity index is 2.77. The Labute approximate surface area is 50.0 Å². The molecule has 0 unspecified atom stereocenters. The van der Waals surface area contributed by atoms with Gasteiger partial charge in [-0.1, -0.05) is 23.2 Å². The van der Waals surface area contributed by atoms with Crippen molar-refractivity contribution in [1.82, 2.24) is 0 Å². The van der Waals surface area contributed by atoms with Gasteiger partial charge in [0, 0.05) is 0 Å². The van der Waals surface area contributed by atoms with Crippen LogP contribution in [0.1, 0.15) is 0 Å². The Kier molecular flexibility index (Phi) is 1.01. The van der Waals surface area contributed by atoms with Gasteiger partial charge in [0.15, 0.2) is 0 Å². The van der Waals surface area contributed by atoms with Gasteiger partial charge in [-0.15, -0.1) is 10.2 Å². The second-order valence-corrected chi connectivity index (χ2v) is 2.37. The van der Waals surface area contributed by atoms with E-state index in [9.17, 15) is 0 Å². The molecule has 0 aromatic rings. The first-order valence-electron chi connectivity index (χ1n) is 1.55. The largest absolute Gasteiger partial charge is 0.267 e. The standard InChI is InChI=1S/C2HCl2N3/c3-2(4)1-5-7-6-2/h1H. The molecule has 0 aromatic heterocycles. The molecule has 3 nitrogen and oxygen atoms in total. The summed E-state index contributed by atoms with van der Waals surface area (Å²) >= 11 is 10.6. The van der Waals surface area contributed by atoms with Crippen LogP contribution in [0.5, 0.6) is 0 Å². The van der Waals surface area contributed by atoms with Gasteiger partial charge in [-0.25, -0.2) is 0 Å². The summed E-state index contributed by atoms with van der Waals surface area (Å²) in [6, 6.07) is 0. The van der Waals surface area contributed by atoms with Gasteiger partial charge in [0.25, 0.3) is 4.46 Å². The van der Waals surface area contributed by atoms with Gasteiger partial charge in [-0.05, 0) is 5.22 Å². The van der Waals surface area contributed by atoms with Crippen LogP contribution in [0, 0.1) is 0 Å². The molecular formula is C2HCl2N3. The van der Waals surface area contributed by atoms with Gasteiger partial charge in [-0.2, -0.15) is 0 Å². The van der Waals surface area contributed by atoms with Crippen LogP contribution in [-0.2, 0) is 0 Å². The second-order valence-electron chi connectivity index (χ2n) is 1.02. The fraction of sp³-hybridized carbons (Fsp3) is 0.500. The van der Waals surface area contributed by atoms with Crippen LogP contribution >= 0.6 is 23.2 Å². The maximum Gasteiger partial charge on any atom is 0.267 e. The molecule has 0 fully saturated rings. The highest BCUT2D eigenvalue weighted by atomic mass is 35.5. The molecule has 1 rings (SSSR count). The van der Waals surface area contributed by atoms with E-state index < -0.39 is 4.46 Å². The minimum atomic E-state index is -1.19. The van der Waals surface area contributed by atoms with Crippen LogP contribution in [-0.4, -0.2) is 10.7 Å². The fourth-order valence-corrected chi connectivity index (χ4v) is 0.361. The van der Waals surface area contributed by atoms with E-state index in [1.807, 2.05) is 0 Å². The summed E-state index contributed by atoms with van der Waals surface area (Å²) in [4.78, 5) is 0. The first-order chi connectivity index (χ1) is 3.21. The Morgan fingerprint density at radius 2 is 2.14 bits per heavy atom. The van der Waals surface area contributed by atoms with Crippen molar-refractivity contribution in [2.24, 2.45) is 15.4 Å². The molecule has 5 heteroatoms. The molecule has 0 bridgehead atoms. The molecule has 1 aliphatic heterocycles. The molecule has 7 heavy (non-hydrogen) atoms. The summed E-state index contributed by atoms with van der Waals surface area (Å²) in [6.07, 6.45) is 1.25. The third kappa shape index (κ3) is 1.11. The molecule has 1 aliphatic rings. The molecule has 0 saturated carbocycles. The molecule has 0 aliphatic carbocycles. The fourth-order valence-electron chi connectivity index (χ4n) is 0.207. The molecule has 0 radical (unpaired) electrons. The molecule has 0 atom stereocenters. The van der Waals surface area contributed by atoms with Crippen molar-refractivity contribution in [3.05, 3.63) is 0 Å². The van der Waals surface area contributed by atoms with Gasteiger partial charge in [0.1, 0.15) is 0 Å². The third-order valence-corrected chi connectivity index (χ3v) is 0.789. The first kappa shape index (κ1) is 5.00. The normalized spacial score (nSPS) is 23.7. The summed E-state index contributed by atoms with van der Waals surface area (Å²) in [6.45, 7) is 0. The van der Waals surface area contributed by atoms with Crippen molar-refractivity contribution >= 4 is 29.4 Å². The quantitative estimate of drug-likeness (QED) is 0.359. The predicted octanol–water partition coefficient (Wildman–Crippen LogP) is 1.57. The third-order valence-electron chi connectivity index (χ3n) is 0.443. The van der Waals surface area contributed by atoms with Crippen LogP contribution in [0.25, 0.3) is 0 Å². The molecule has 0 saturated heterocycles. The minimum Gasteiger partial charge on any atom is -0.138 e. The van der Waals surface area contributed by atoms with Crippen molar-refractivity contribution in [2.75, 3.05) is 0 Å². The van der Waals surface area contributed by atoms with Crippen LogP contribution in [0.15, 0.2) is 15.4 Å². The van der Waals surface area contributed by atoms with Crippen LogP contribution in [0.3, 0.4) is 0 Å². The van der Waals surface area contributed by atoms with Crippen molar-refractivity contribution in [3.63, 3.8) is 0 Å². The van der Waals surface area contributed by atoms with Crippen molar-refractivity contribution in [2.45, 2.75) is 4.46 Å². The number of hydrogen-bond donors (Lipinski definition) is 0. The number of nitrogens with zero attached hydrogens (tertiary/aromatic N) is 3. The highest BCUT2D eigenvalue weighted by Gasteiger charge is 2.22. The smallest absolute Gasteiger partial charge is 0.138 e. The zero-order valence-corrected chi connectivity index (χ0v) is 4.69. The first-order valence-corrected chi connectivity index (χ1v) is 2.30. The van der Waals surface area contributed by atoms with E-state index in [4.69, 9.17) is 23.2 Å². The van der Waals surface area contributed by atoms with Gasteiger partial charge in [0.05, 0.1) is 6.21 Å². The number of alkyl halides is 2. The Morgan fingerprint density at radius 1 is 1.43 bits per heavy atom. The molecule has 1 heterocycles. The van der Waals surface area contributed by atoms with Gasteiger partial charge in [0.2, 0.25) is 0 Å². The molecule has 0 aromatic carbocycles. The summed E-state index contributed by atoms with van der Waals surface area (Å²) in [5.74, 6) is 0. The van der Waals surface area contributed by atoms with E-state index in [1.165, 1.54) is 6.21 Å². The van der Waals surface area contributed by atoms with E-state index in [-0.39, 0.29) is 0 Å². The molecule has 0 spiro atoms.